The molecule has 0 aliphatic heterocycles. The van der Waals surface area contributed by atoms with E-state index in [0.717, 1.165) is 25.7 Å². The number of nitrogens with zero attached hydrogens (tertiary/aromatic N) is 1. The molecule has 0 radical (unpaired) electrons. The molecule has 0 aromatic carbocycles. The Bertz CT molecular complexity index is 161. The minimum absolute atomic E-state index is 0.391. The molecule has 1 N–H and O–H groups in total. The Morgan fingerprint density at radius 1 is 1.30 bits per heavy atom. The van der Waals surface area contributed by atoms with E-state index in [1.807, 2.05) is 0 Å². The minimum Gasteiger partial charge on any atom is -0.311 e. The smallest absolute Gasteiger partial charge is 0.0917 e. The Labute approximate surface area is 61.4 Å². The summed E-state index contributed by atoms with van der Waals surface area (Å²) in [6.07, 6.45) is 6.58. The zero-order chi connectivity index (χ0) is 7.45. The molecule has 0 spiro atoms. The van der Waals surface area contributed by atoms with Gasteiger partial charge in [0.15, 0.2) is 0 Å². The van der Waals surface area contributed by atoms with E-state index in [9.17, 15) is 0 Å². The van der Waals surface area contributed by atoms with Crippen LogP contribution in [0.25, 0.3) is 0 Å². The number of hydrogen-bond acceptors (Lipinski definition) is 2. The molecule has 2 heteroatoms. The highest BCUT2D eigenvalue weighted by atomic mass is 14.5. The highest BCUT2D eigenvalue weighted by molar-refractivity contribution is 5.66. The first kappa shape index (κ1) is 7.27. The quantitative estimate of drug-likeness (QED) is 0.551. The van der Waals surface area contributed by atoms with Crippen molar-refractivity contribution in [2.45, 2.75) is 32.1 Å². The number of nitriles is 1. The van der Waals surface area contributed by atoms with E-state index < -0.39 is 5.41 Å². The molecule has 1 aliphatic carbocycles. The van der Waals surface area contributed by atoms with Gasteiger partial charge in [-0.05, 0) is 12.8 Å². The van der Waals surface area contributed by atoms with Crippen LogP contribution in [0.1, 0.15) is 32.1 Å². The van der Waals surface area contributed by atoms with Crippen molar-refractivity contribution in [2.24, 2.45) is 5.41 Å². The van der Waals surface area contributed by atoms with Gasteiger partial charge in [0.05, 0.1) is 11.5 Å². The van der Waals surface area contributed by atoms with E-state index in [2.05, 4.69) is 6.07 Å². The predicted octanol–water partition coefficient (Wildman–Crippen LogP) is 2.11. The first-order valence-electron chi connectivity index (χ1n) is 3.76. The summed E-state index contributed by atoms with van der Waals surface area (Å²) in [5, 5.41) is 15.8. The number of nitrogens with one attached hydrogen (secondary N) is 1. The Morgan fingerprint density at radius 2 is 1.90 bits per heavy atom. The highest BCUT2D eigenvalue weighted by Gasteiger charge is 2.29. The topological polar surface area (TPSA) is 47.6 Å². The number of rotatable bonds is 1. The monoisotopic (exact) mass is 136 g/mol. The van der Waals surface area contributed by atoms with Crippen LogP contribution in [0.15, 0.2) is 0 Å². The SMILES string of the molecule is N#CC1(C=N)CCCCC1. The van der Waals surface area contributed by atoms with Crippen molar-refractivity contribution in [1.29, 1.82) is 10.7 Å². The molecule has 1 aliphatic rings. The Hall–Kier alpha value is -0.840. The van der Waals surface area contributed by atoms with Crippen LogP contribution in [0.4, 0.5) is 0 Å². The molecular weight excluding hydrogens is 124 g/mol. The molecular formula is C8H12N2. The second kappa shape index (κ2) is 2.83. The van der Waals surface area contributed by atoms with Crippen LogP contribution >= 0.6 is 0 Å². The van der Waals surface area contributed by atoms with Crippen LogP contribution in [-0.4, -0.2) is 6.21 Å². The van der Waals surface area contributed by atoms with Crippen LogP contribution in [0.2, 0.25) is 0 Å². The zero-order valence-electron chi connectivity index (χ0n) is 6.06. The molecule has 10 heavy (non-hydrogen) atoms. The van der Waals surface area contributed by atoms with Crippen molar-refractivity contribution >= 4 is 6.21 Å². The van der Waals surface area contributed by atoms with Crippen molar-refractivity contribution in [3.8, 4) is 6.07 Å². The van der Waals surface area contributed by atoms with E-state index in [-0.39, 0.29) is 0 Å². The van der Waals surface area contributed by atoms with E-state index in [4.69, 9.17) is 10.7 Å². The molecule has 0 atom stereocenters. The summed E-state index contributed by atoms with van der Waals surface area (Å²) in [4.78, 5) is 0. The molecule has 1 fully saturated rings. The minimum atomic E-state index is -0.391. The second-order valence-corrected chi connectivity index (χ2v) is 2.97. The zero-order valence-corrected chi connectivity index (χ0v) is 6.06. The summed E-state index contributed by atoms with van der Waals surface area (Å²) in [5.74, 6) is 0. The Kier molecular flexibility index (Phi) is 2.06. The van der Waals surface area contributed by atoms with Gasteiger partial charge < -0.3 is 5.41 Å². The van der Waals surface area contributed by atoms with E-state index >= 15 is 0 Å². The van der Waals surface area contributed by atoms with Gasteiger partial charge in [0.2, 0.25) is 0 Å². The Morgan fingerprint density at radius 3 is 2.20 bits per heavy atom. The fourth-order valence-corrected chi connectivity index (χ4v) is 1.47. The third-order valence-electron chi connectivity index (χ3n) is 2.24. The lowest BCUT2D eigenvalue weighted by Gasteiger charge is -2.25. The third-order valence-corrected chi connectivity index (χ3v) is 2.24. The first-order chi connectivity index (χ1) is 4.83. The van der Waals surface area contributed by atoms with Gasteiger partial charge in [-0.2, -0.15) is 5.26 Å². The van der Waals surface area contributed by atoms with E-state index in [0.29, 0.717) is 0 Å². The van der Waals surface area contributed by atoms with Crippen LogP contribution in [0, 0.1) is 22.2 Å². The van der Waals surface area contributed by atoms with Gasteiger partial charge in [-0.15, -0.1) is 0 Å². The van der Waals surface area contributed by atoms with Gasteiger partial charge in [0.25, 0.3) is 0 Å². The summed E-state index contributed by atoms with van der Waals surface area (Å²) in [7, 11) is 0. The van der Waals surface area contributed by atoms with Gasteiger partial charge in [-0.3, -0.25) is 0 Å². The fourth-order valence-electron chi connectivity index (χ4n) is 1.47. The Balaban J connectivity index is 2.63. The maximum Gasteiger partial charge on any atom is 0.0917 e. The maximum atomic E-state index is 8.74. The first-order valence-corrected chi connectivity index (χ1v) is 3.76. The van der Waals surface area contributed by atoms with E-state index in [1.54, 1.807) is 0 Å². The standard InChI is InChI=1S/C8H12N2/c9-6-8(7-10)4-2-1-3-5-8/h6,9H,1-5H2. The summed E-state index contributed by atoms with van der Waals surface area (Å²) in [6.45, 7) is 0. The van der Waals surface area contributed by atoms with Crippen molar-refractivity contribution < 1.29 is 0 Å². The van der Waals surface area contributed by atoms with Crippen LogP contribution in [0.5, 0.6) is 0 Å². The van der Waals surface area contributed by atoms with Gasteiger partial charge >= 0.3 is 0 Å². The molecule has 0 aromatic heterocycles. The van der Waals surface area contributed by atoms with Crippen molar-refractivity contribution in [2.75, 3.05) is 0 Å². The lowest BCUT2D eigenvalue weighted by molar-refractivity contribution is 0.366. The largest absolute Gasteiger partial charge is 0.311 e. The summed E-state index contributed by atoms with van der Waals surface area (Å²) < 4.78 is 0. The molecule has 0 amide bonds. The molecule has 1 saturated carbocycles. The van der Waals surface area contributed by atoms with Gasteiger partial charge in [-0.1, -0.05) is 19.3 Å². The third kappa shape index (κ3) is 1.18. The van der Waals surface area contributed by atoms with Crippen LogP contribution < -0.4 is 0 Å². The van der Waals surface area contributed by atoms with Gasteiger partial charge in [0.1, 0.15) is 0 Å². The van der Waals surface area contributed by atoms with Crippen molar-refractivity contribution in [3.05, 3.63) is 0 Å². The molecule has 54 valence electrons. The predicted molar refractivity (Wildman–Crippen MR) is 39.9 cm³/mol. The highest BCUT2D eigenvalue weighted by Crippen LogP contribution is 2.33. The van der Waals surface area contributed by atoms with Gasteiger partial charge in [0, 0.05) is 6.21 Å². The second-order valence-electron chi connectivity index (χ2n) is 2.97. The maximum absolute atomic E-state index is 8.74. The molecule has 0 aromatic rings. The van der Waals surface area contributed by atoms with Crippen molar-refractivity contribution in [1.82, 2.24) is 0 Å². The average Bonchev–Trinajstić information content (AvgIpc) is 2.06. The average molecular weight is 136 g/mol. The summed E-state index contributed by atoms with van der Waals surface area (Å²) in [5.41, 5.74) is -0.391. The summed E-state index contributed by atoms with van der Waals surface area (Å²) >= 11 is 0. The van der Waals surface area contributed by atoms with Crippen molar-refractivity contribution in [3.63, 3.8) is 0 Å². The van der Waals surface area contributed by atoms with Crippen LogP contribution in [0.3, 0.4) is 0 Å². The van der Waals surface area contributed by atoms with Gasteiger partial charge in [-0.25, -0.2) is 0 Å². The van der Waals surface area contributed by atoms with Crippen LogP contribution in [-0.2, 0) is 0 Å². The normalized spacial score (nSPS) is 23.1. The lowest BCUT2D eigenvalue weighted by Crippen LogP contribution is -2.22. The van der Waals surface area contributed by atoms with E-state index in [1.165, 1.54) is 12.6 Å². The number of hydrogen-bond donors (Lipinski definition) is 1. The summed E-state index contributed by atoms with van der Waals surface area (Å²) in [6, 6.07) is 2.22. The molecule has 0 heterocycles. The molecule has 0 unspecified atom stereocenters. The molecule has 1 rings (SSSR count). The molecule has 2 nitrogen and oxygen atoms in total. The fraction of sp³-hybridized carbons (Fsp3) is 0.750. The molecule has 0 bridgehead atoms. The molecule has 0 saturated heterocycles. The lowest BCUT2D eigenvalue weighted by atomic mass is 9.76.